The number of carbonyl (C=O) groups is 1. The first-order chi connectivity index (χ1) is 9.70. The van der Waals surface area contributed by atoms with Crippen LogP contribution in [0.1, 0.15) is 34.5 Å². The molecule has 0 spiro atoms. The second-order valence-corrected chi connectivity index (χ2v) is 4.72. The minimum absolute atomic E-state index is 0.0695. The van der Waals surface area contributed by atoms with Crippen LogP contribution in [0.3, 0.4) is 0 Å². The van der Waals surface area contributed by atoms with Gasteiger partial charge in [0, 0.05) is 18.0 Å². The summed E-state index contributed by atoms with van der Waals surface area (Å²) in [5.74, 6) is -0.0827. The molecule has 0 bridgehead atoms. The molecule has 2 rings (SSSR count). The van der Waals surface area contributed by atoms with E-state index in [1.807, 2.05) is 43.3 Å². The molecule has 0 aliphatic rings. The Morgan fingerprint density at radius 1 is 1.30 bits per heavy atom. The zero-order valence-corrected chi connectivity index (χ0v) is 11.5. The zero-order chi connectivity index (χ0) is 14.4. The number of hydrogen-bond acceptors (Lipinski definition) is 3. The van der Waals surface area contributed by atoms with Gasteiger partial charge in [-0.3, -0.25) is 9.78 Å². The number of amides is 1. The van der Waals surface area contributed by atoms with E-state index < -0.39 is 0 Å². The van der Waals surface area contributed by atoms with Crippen LogP contribution >= 0.6 is 0 Å². The fourth-order valence-electron chi connectivity index (χ4n) is 1.98. The molecule has 104 valence electrons. The maximum atomic E-state index is 12.1. The van der Waals surface area contributed by atoms with Gasteiger partial charge in [0.15, 0.2) is 0 Å². The van der Waals surface area contributed by atoms with Crippen molar-refractivity contribution in [2.75, 3.05) is 6.54 Å². The third kappa shape index (κ3) is 3.65. The highest BCUT2D eigenvalue weighted by Crippen LogP contribution is 2.12. The quantitative estimate of drug-likeness (QED) is 0.873. The van der Waals surface area contributed by atoms with Gasteiger partial charge in [0.25, 0.3) is 5.91 Å². The first-order valence-corrected chi connectivity index (χ1v) is 6.70. The lowest BCUT2D eigenvalue weighted by atomic mass is 10.1. The van der Waals surface area contributed by atoms with Crippen molar-refractivity contribution < 1.29 is 4.79 Å². The Bertz CT molecular complexity index is 552. The van der Waals surface area contributed by atoms with Gasteiger partial charge in [-0.05, 0) is 49.2 Å². The largest absolute Gasteiger partial charge is 0.345 e. The van der Waals surface area contributed by atoms with Gasteiger partial charge < -0.3 is 11.1 Å². The second-order valence-electron chi connectivity index (χ2n) is 4.72. The monoisotopic (exact) mass is 269 g/mol. The fraction of sp³-hybridized carbons (Fsp3) is 0.250. The van der Waals surface area contributed by atoms with Crippen LogP contribution in [-0.4, -0.2) is 17.4 Å². The van der Waals surface area contributed by atoms with E-state index in [0.29, 0.717) is 12.1 Å². The Kier molecular flexibility index (Phi) is 4.85. The highest BCUT2D eigenvalue weighted by atomic mass is 16.1. The van der Waals surface area contributed by atoms with Crippen LogP contribution in [0.15, 0.2) is 48.8 Å². The molecule has 4 nitrogen and oxygen atoms in total. The van der Waals surface area contributed by atoms with Crippen LogP contribution < -0.4 is 11.1 Å². The molecule has 0 saturated heterocycles. The predicted molar refractivity (Wildman–Crippen MR) is 79.3 cm³/mol. The van der Waals surface area contributed by atoms with Crippen LogP contribution in [0, 0.1) is 0 Å². The van der Waals surface area contributed by atoms with Crippen molar-refractivity contribution in [2.24, 2.45) is 5.73 Å². The summed E-state index contributed by atoms with van der Waals surface area (Å²) < 4.78 is 0. The predicted octanol–water partition coefficient (Wildman–Crippen LogP) is 2.07. The van der Waals surface area contributed by atoms with Crippen LogP contribution in [0.4, 0.5) is 0 Å². The summed E-state index contributed by atoms with van der Waals surface area (Å²) in [7, 11) is 0. The summed E-state index contributed by atoms with van der Waals surface area (Å²) in [4.78, 5) is 16.2. The van der Waals surface area contributed by atoms with Crippen molar-refractivity contribution in [3.05, 3.63) is 65.5 Å². The molecule has 1 unspecified atom stereocenters. The molecule has 20 heavy (non-hydrogen) atoms. The highest BCUT2D eigenvalue weighted by Gasteiger charge is 2.11. The molecule has 1 aromatic heterocycles. The summed E-state index contributed by atoms with van der Waals surface area (Å²) >= 11 is 0. The fourth-order valence-corrected chi connectivity index (χ4v) is 1.98. The van der Waals surface area contributed by atoms with E-state index in [1.54, 1.807) is 12.4 Å². The smallest absolute Gasteiger partial charge is 0.251 e. The van der Waals surface area contributed by atoms with Gasteiger partial charge >= 0.3 is 0 Å². The summed E-state index contributed by atoms with van der Waals surface area (Å²) in [6.45, 7) is 2.56. The van der Waals surface area contributed by atoms with E-state index in [9.17, 15) is 4.79 Å². The molecular weight excluding hydrogens is 250 g/mol. The molecule has 0 radical (unpaired) electrons. The van der Waals surface area contributed by atoms with Crippen molar-refractivity contribution in [2.45, 2.75) is 19.4 Å². The Labute approximate surface area is 119 Å². The van der Waals surface area contributed by atoms with E-state index in [-0.39, 0.29) is 11.9 Å². The Morgan fingerprint density at radius 2 is 2.05 bits per heavy atom. The van der Waals surface area contributed by atoms with Crippen LogP contribution in [0.25, 0.3) is 0 Å². The molecule has 3 N–H and O–H groups in total. The molecule has 4 heteroatoms. The number of benzene rings is 1. The lowest BCUT2D eigenvalue weighted by Gasteiger charge is -2.14. The number of nitrogens with two attached hydrogens (primary N) is 1. The molecular formula is C16H19N3O. The number of rotatable bonds is 5. The van der Waals surface area contributed by atoms with Gasteiger partial charge in [-0.2, -0.15) is 0 Å². The number of aromatic nitrogens is 1. The van der Waals surface area contributed by atoms with Gasteiger partial charge in [-0.1, -0.05) is 18.2 Å². The molecule has 1 atom stereocenters. The third-order valence-corrected chi connectivity index (χ3v) is 3.18. The van der Waals surface area contributed by atoms with Gasteiger partial charge in [-0.25, -0.2) is 0 Å². The van der Waals surface area contributed by atoms with Gasteiger partial charge in [0.1, 0.15) is 0 Å². The maximum Gasteiger partial charge on any atom is 0.251 e. The number of hydrogen-bond donors (Lipinski definition) is 2. The van der Waals surface area contributed by atoms with E-state index in [4.69, 9.17) is 5.73 Å². The minimum atomic E-state index is -0.0827. The summed E-state index contributed by atoms with van der Waals surface area (Å²) in [5, 5.41) is 2.96. The molecule has 1 heterocycles. The minimum Gasteiger partial charge on any atom is -0.345 e. The van der Waals surface area contributed by atoms with Crippen LogP contribution in [0.5, 0.6) is 0 Å². The molecule has 1 amide bonds. The lowest BCUT2D eigenvalue weighted by Crippen LogP contribution is -2.26. The van der Waals surface area contributed by atoms with Gasteiger partial charge in [-0.15, -0.1) is 0 Å². The van der Waals surface area contributed by atoms with Crippen molar-refractivity contribution in [3.63, 3.8) is 0 Å². The van der Waals surface area contributed by atoms with E-state index in [2.05, 4.69) is 10.3 Å². The first-order valence-electron chi connectivity index (χ1n) is 6.70. The SMILES string of the molecule is CC(NC(=O)c1ccc(CCN)cc1)c1cccnc1. The highest BCUT2D eigenvalue weighted by molar-refractivity contribution is 5.94. The topological polar surface area (TPSA) is 68.0 Å². The van der Waals surface area contributed by atoms with E-state index in [0.717, 1.165) is 17.5 Å². The number of nitrogens with one attached hydrogen (secondary N) is 1. The Balaban J connectivity index is 2.01. The van der Waals surface area contributed by atoms with Gasteiger partial charge in [0.2, 0.25) is 0 Å². The average molecular weight is 269 g/mol. The Morgan fingerprint density at radius 3 is 2.65 bits per heavy atom. The van der Waals surface area contributed by atoms with Crippen molar-refractivity contribution in [1.82, 2.24) is 10.3 Å². The average Bonchev–Trinajstić information content (AvgIpc) is 2.49. The number of carbonyl (C=O) groups excluding carboxylic acids is 1. The zero-order valence-electron chi connectivity index (χ0n) is 11.5. The first kappa shape index (κ1) is 14.2. The van der Waals surface area contributed by atoms with Crippen molar-refractivity contribution in [1.29, 1.82) is 0 Å². The molecule has 1 aromatic carbocycles. The van der Waals surface area contributed by atoms with Crippen LogP contribution in [-0.2, 0) is 6.42 Å². The van der Waals surface area contributed by atoms with Crippen molar-refractivity contribution >= 4 is 5.91 Å². The second kappa shape index (κ2) is 6.82. The third-order valence-electron chi connectivity index (χ3n) is 3.18. The van der Waals surface area contributed by atoms with Gasteiger partial charge in [0.05, 0.1) is 6.04 Å². The molecule has 2 aromatic rings. The standard InChI is InChI=1S/C16H19N3O/c1-12(15-3-2-10-18-11-15)19-16(20)14-6-4-13(5-7-14)8-9-17/h2-7,10-12H,8-9,17H2,1H3,(H,19,20). The summed E-state index contributed by atoms with van der Waals surface area (Å²) in [6, 6.07) is 11.3. The summed E-state index contributed by atoms with van der Waals surface area (Å²) in [5.41, 5.74) is 8.29. The van der Waals surface area contributed by atoms with Crippen molar-refractivity contribution in [3.8, 4) is 0 Å². The van der Waals surface area contributed by atoms with E-state index >= 15 is 0 Å². The maximum absolute atomic E-state index is 12.1. The molecule has 0 aliphatic carbocycles. The molecule has 0 aliphatic heterocycles. The molecule has 0 saturated carbocycles. The lowest BCUT2D eigenvalue weighted by molar-refractivity contribution is 0.0940. The molecule has 0 fully saturated rings. The normalized spacial score (nSPS) is 11.9. The number of pyridine rings is 1. The van der Waals surface area contributed by atoms with Crippen LogP contribution in [0.2, 0.25) is 0 Å². The van der Waals surface area contributed by atoms with E-state index in [1.165, 1.54) is 0 Å². The Hall–Kier alpha value is -2.20. The summed E-state index contributed by atoms with van der Waals surface area (Å²) in [6.07, 6.45) is 4.30. The number of nitrogens with zero attached hydrogens (tertiary/aromatic N) is 1.